The van der Waals surface area contributed by atoms with Gasteiger partial charge in [-0.25, -0.2) is 4.39 Å². The molecular formula is C22H23FN2O3. The molecular weight excluding hydrogens is 359 g/mol. The number of rotatable bonds is 5. The van der Waals surface area contributed by atoms with Gasteiger partial charge in [0.05, 0.1) is 0 Å². The van der Waals surface area contributed by atoms with Crippen molar-refractivity contribution in [2.75, 3.05) is 27.2 Å². The van der Waals surface area contributed by atoms with Crippen LogP contribution in [0.1, 0.15) is 34.1 Å². The van der Waals surface area contributed by atoms with Gasteiger partial charge >= 0.3 is 0 Å². The third-order valence-electron chi connectivity index (χ3n) is 5.12. The van der Waals surface area contributed by atoms with Crippen molar-refractivity contribution in [2.24, 2.45) is 5.92 Å². The van der Waals surface area contributed by atoms with Crippen LogP contribution >= 0.6 is 0 Å². The number of ketones is 1. The minimum atomic E-state index is -0.420. The number of carbonyl (C=O) groups excluding carboxylic acids is 3. The Bertz CT molecular complexity index is 924. The van der Waals surface area contributed by atoms with Gasteiger partial charge in [0.1, 0.15) is 5.82 Å². The van der Waals surface area contributed by atoms with Crippen LogP contribution in [0.2, 0.25) is 0 Å². The maximum Gasteiger partial charge on any atom is 0.253 e. The second-order valence-electron chi connectivity index (χ2n) is 7.36. The van der Waals surface area contributed by atoms with E-state index in [0.29, 0.717) is 41.8 Å². The van der Waals surface area contributed by atoms with Crippen LogP contribution in [0.25, 0.3) is 11.1 Å². The van der Waals surface area contributed by atoms with E-state index >= 15 is 0 Å². The van der Waals surface area contributed by atoms with Gasteiger partial charge in [-0.2, -0.15) is 0 Å². The first kappa shape index (κ1) is 19.7. The third-order valence-corrected chi connectivity index (χ3v) is 5.12. The molecule has 1 atom stereocenters. The SMILES string of the molecule is CC(=O)c1ccc(F)c(-c2ccc(C(=O)N(C)CC3CC(=O)N(C)C3)cc2)c1. The predicted octanol–water partition coefficient (Wildman–Crippen LogP) is 3.25. The van der Waals surface area contributed by atoms with Crippen molar-refractivity contribution in [3.63, 3.8) is 0 Å². The Balaban J connectivity index is 1.73. The topological polar surface area (TPSA) is 57.7 Å². The monoisotopic (exact) mass is 382 g/mol. The maximum absolute atomic E-state index is 14.2. The highest BCUT2D eigenvalue weighted by molar-refractivity contribution is 5.96. The van der Waals surface area contributed by atoms with Gasteiger partial charge in [-0.3, -0.25) is 14.4 Å². The van der Waals surface area contributed by atoms with E-state index in [9.17, 15) is 18.8 Å². The number of carbonyl (C=O) groups is 3. The largest absolute Gasteiger partial charge is 0.345 e. The molecule has 1 heterocycles. The van der Waals surface area contributed by atoms with E-state index < -0.39 is 5.82 Å². The van der Waals surface area contributed by atoms with Crippen LogP contribution in [0, 0.1) is 11.7 Å². The second kappa shape index (κ2) is 7.92. The fraction of sp³-hybridized carbons (Fsp3) is 0.318. The molecule has 0 bridgehead atoms. The molecule has 1 aliphatic rings. The minimum Gasteiger partial charge on any atom is -0.345 e. The van der Waals surface area contributed by atoms with Crippen molar-refractivity contribution in [2.45, 2.75) is 13.3 Å². The zero-order valence-corrected chi connectivity index (χ0v) is 16.2. The summed E-state index contributed by atoms with van der Waals surface area (Å²) in [6.45, 7) is 2.59. The summed E-state index contributed by atoms with van der Waals surface area (Å²) in [7, 11) is 3.48. The number of likely N-dealkylation sites (tertiary alicyclic amines) is 1. The van der Waals surface area contributed by atoms with Gasteiger partial charge in [-0.1, -0.05) is 12.1 Å². The molecule has 6 heteroatoms. The molecule has 1 saturated heterocycles. The number of halogens is 1. The molecule has 2 amide bonds. The van der Waals surface area contributed by atoms with E-state index in [1.165, 1.54) is 25.1 Å². The van der Waals surface area contributed by atoms with Crippen LogP contribution in [-0.4, -0.2) is 54.6 Å². The first-order valence-electron chi connectivity index (χ1n) is 9.16. The molecule has 3 rings (SSSR count). The molecule has 0 N–H and O–H groups in total. The minimum absolute atomic E-state index is 0.102. The molecule has 0 saturated carbocycles. The second-order valence-corrected chi connectivity index (χ2v) is 7.36. The van der Waals surface area contributed by atoms with Crippen LogP contribution in [0.4, 0.5) is 4.39 Å². The molecule has 1 fully saturated rings. The number of benzene rings is 2. The quantitative estimate of drug-likeness (QED) is 0.746. The Kier molecular flexibility index (Phi) is 5.58. The normalized spacial score (nSPS) is 16.4. The van der Waals surface area contributed by atoms with Crippen LogP contribution in [0.15, 0.2) is 42.5 Å². The fourth-order valence-corrected chi connectivity index (χ4v) is 3.53. The molecule has 1 aliphatic heterocycles. The van der Waals surface area contributed by atoms with Gasteiger partial charge in [0.2, 0.25) is 5.91 Å². The van der Waals surface area contributed by atoms with Crippen molar-refractivity contribution < 1.29 is 18.8 Å². The first-order chi connectivity index (χ1) is 13.3. The molecule has 0 radical (unpaired) electrons. The molecule has 28 heavy (non-hydrogen) atoms. The Hall–Kier alpha value is -3.02. The Morgan fingerprint density at radius 3 is 2.36 bits per heavy atom. The van der Waals surface area contributed by atoms with E-state index in [1.54, 1.807) is 48.2 Å². The Morgan fingerprint density at radius 2 is 1.79 bits per heavy atom. The molecule has 2 aromatic rings. The highest BCUT2D eigenvalue weighted by Crippen LogP contribution is 2.25. The van der Waals surface area contributed by atoms with E-state index in [0.717, 1.165) is 0 Å². The van der Waals surface area contributed by atoms with Gasteiger partial charge in [-0.05, 0) is 42.8 Å². The predicted molar refractivity (Wildman–Crippen MR) is 105 cm³/mol. The van der Waals surface area contributed by atoms with Crippen LogP contribution in [0.3, 0.4) is 0 Å². The highest BCUT2D eigenvalue weighted by atomic mass is 19.1. The van der Waals surface area contributed by atoms with Gasteiger partial charge < -0.3 is 9.80 Å². The smallest absolute Gasteiger partial charge is 0.253 e. The van der Waals surface area contributed by atoms with Crippen molar-refractivity contribution in [1.82, 2.24) is 9.80 Å². The number of nitrogens with zero attached hydrogens (tertiary/aromatic N) is 2. The lowest BCUT2D eigenvalue weighted by Gasteiger charge is -2.21. The zero-order chi connectivity index (χ0) is 20.4. The first-order valence-corrected chi connectivity index (χ1v) is 9.16. The van der Waals surface area contributed by atoms with Crippen molar-refractivity contribution in [3.8, 4) is 11.1 Å². The van der Waals surface area contributed by atoms with Gasteiger partial charge in [0, 0.05) is 56.2 Å². The summed E-state index contributed by atoms with van der Waals surface area (Å²) in [5.41, 5.74) is 1.86. The lowest BCUT2D eigenvalue weighted by Crippen LogP contribution is -2.32. The average molecular weight is 382 g/mol. The van der Waals surface area contributed by atoms with Crippen LogP contribution in [0.5, 0.6) is 0 Å². The summed E-state index contributed by atoms with van der Waals surface area (Å²) in [6, 6.07) is 10.9. The Morgan fingerprint density at radius 1 is 1.14 bits per heavy atom. The van der Waals surface area contributed by atoms with E-state index in [2.05, 4.69) is 0 Å². The van der Waals surface area contributed by atoms with E-state index in [-0.39, 0.29) is 23.5 Å². The molecule has 0 spiro atoms. The van der Waals surface area contributed by atoms with Gasteiger partial charge in [0.25, 0.3) is 5.91 Å². The molecule has 5 nitrogen and oxygen atoms in total. The van der Waals surface area contributed by atoms with Gasteiger partial charge in [-0.15, -0.1) is 0 Å². The summed E-state index contributed by atoms with van der Waals surface area (Å²) in [6.07, 6.45) is 0.457. The fourth-order valence-electron chi connectivity index (χ4n) is 3.53. The molecule has 0 aromatic heterocycles. The summed E-state index contributed by atoms with van der Waals surface area (Å²) in [4.78, 5) is 39.1. The van der Waals surface area contributed by atoms with Crippen LogP contribution < -0.4 is 0 Å². The lowest BCUT2D eigenvalue weighted by molar-refractivity contribution is -0.126. The number of Topliss-reactive ketones (excluding diaryl/α,β-unsaturated/α-hetero) is 1. The third kappa shape index (κ3) is 4.11. The lowest BCUT2D eigenvalue weighted by atomic mass is 9.99. The van der Waals surface area contributed by atoms with E-state index in [4.69, 9.17) is 0 Å². The molecule has 0 aliphatic carbocycles. The van der Waals surface area contributed by atoms with Gasteiger partial charge in [0.15, 0.2) is 5.78 Å². The zero-order valence-electron chi connectivity index (χ0n) is 16.2. The molecule has 2 aromatic carbocycles. The van der Waals surface area contributed by atoms with E-state index in [1.807, 2.05) is 0 Å². The molecule has 1 unspecified atom stereocenters. The average Bonchev–Trinajstić information content (AvgIpc) is 2.98. The molecule has 146 valence electrons. The van der Waals surface area contributed by atoms with Crippen molar-refractivity contribution in [3.05, 3.63) is 59.4 Å². The number of hydrogen-bond donors (Lipinski definition) is 0. The summed E-state index contributed by atoms with van der Waals surface area (Å²) in [5.74, 6) is -0.465. The number of amides is 2. The van der Waals surface area contributed by atoms with Crippen LogP contribution in [-0.2, 0) is 4.79 Å². The standard InChI is InChI=1S/C22H23FN2O3/c1-14(26)18-8-9-20(23)19(11-18)16-4-6-17(7-5-16)22(28)25(3)13-15-10-21(27)24(2)12-15/h4-9,11,15H,10,12-13H2,1-3H3. The maximum atomic E-state index is 14.2. The highest BCUT2D eigenvalue weighted by Gasteiger charge is 2.28. The summed E-state index contributed by atoms with van der Waals surface area (Å²) in [5, 5.41) is 0. The summed E-state index contributed by atoms with van der Waals surface area (Å²) < 4.78 is 14.2. The van der Waals surface area contributed by atoms with Crippen molar-refractivity contribution >= 4 is 17.6 Å². The Labute approximate surface area is 163 Å². The summed E-state index contributed by atoms with van der Waals surface area (Å²) >= 11 is 0. The van der Waals surface area contributed by atoms with Crippen molar-refractivity contribution in [1.29, 1.82) is 0 Å². The number of hydrogen-bond acceptors (Lipinski definition) is 3.